The molecule has 66 valence electrons. The minimum absolute atomic E-state index is 0.142. The molecular formula is C6H3ClN4O2. The average Bonchev–Trinajstić information content (AvgIpc) is 2.49. The maximum absolute atomic E-state index is 10.5. The number of nitrogens with one attached hydrogen (secondary N) is 1. The second kappa shape index (κ2) is 2.67. The molecule has 0 aliphatic rings. The van der Waals surface area contributed by atoms with Gasteiger partial charge < -0.3 is 0 Å². The number of non-ortho nitro benzene ring substituents is 1. The second-order valence-corrected chi connectivity index (χ2v) is 2.81. The molecule has 0 amide bonds. The molecule has 13 heavy (non-hydrogen) atoms. The fraction of sp³-hybridized carbons (Fsp3) is 0. The van der Waals surface area contributed by atoms with E-state index in [0.717, 1.165) is 0 Å². The highest BCUT2D eigenvalue weighted by atomic mass is 35.5. The predicted molar refractivity (Wildman–Crippen MR) is 45.6 cm³/mol. The molecule has 2 rings (SSSR count). The summed E-state index contributed by atoms with van der Waals surface area (Å²) in [7, 11) is 0. The van der Waals surface area contributed by atoms with E-state index in [0.29, 0.717) is 5.52 Å². The Morgan fingerprint density at radius 2 is 2.23 bits per heavy atom. The van der Waals surface area contributed by atoms with Crippen LogP contribution in [-0.2, 0) is 0 Å². The van der Waals surface area contributed by atoms with E-state index in [2.05, 4.69) is 15.4 Å². The Hall–Kier alpha value is -1.69. The number of fused-ring (bicyclic) bond motifs is 1. The van der Waals surface area contributed by atoms with Gasteiger partial charge in [-0.05, 0) is 6.07 Å². The molecule has 6 nitrogen and oxygen atoms in total. The van der Waals surface area contributed by atoms with E-state index in [4.69, 9.17) is 11.6 Å². The molecule has 0 fully saturated rings. The van der Waals surface area contributed by atoms with E-state index >= 15 is 0 Å². The number of hydrogen-bond acceptors (Lipinski definition) is 4. The Kier molecular flexibility index (Phi) is 1.63. The van der Waals surface area contributed by atoms with Crippen LogP contribution in [0.2, 0.25) is 5.02 Å². The van der Waals surface area contributed by atoms with Crippen molar-refractivity contribution in [2.24, 2.45) is 0 Å². The summed E-state index contributed by atoms with van der Waals surface area (Å²) in [5.74, 6) is 0. The SMILES string of the molecule is O=[N+]([O-])c1cc(Cl)cc2n[nH]nc12. The monoisotopic (exact) mass is 198 g/mol. The number of aromatic amines is 1. The van der Waals surface area contributed by atoms with Crippen LogP contribution in [0.3, 0.4) is 0 Å². The fourth-order valence-corrected chi connectivity index (χ4v) is 1.25. The van der Waals surface area contributed by atoms with Gasteiger partial charge in [0.1, 0.15) is 5.52 Å². The number of nitro groups is 1. The van der Waals surface area contributed by atoms with Crippen molar-refractivity contribution in [1.29, 1.82) is 0 Å². The molecule has 1 N–H and O–H groups in total. The van der Waals surface area contributed by atoms with Crippen LogP contribution in [-0.4, -0.2) is 20.3 Å². The highest BCUT2D eigenvalue weighted by Crippen LogP contribution is 2.26. The topological polar surface area (TPSA) is 84.7 Å². The van der Waals surface area contributed by atoms with E-state index in [1.807, 2.05) is 0 Å². The Morgan fingerprint density at radius 1 is 1.46 bits per heavy atom. The number of nitro benzene ring substituents is 1. The predicted octanol–water partition coefficient (Wildman–Crippen LogP) is 1.52. The molecule has 7 heteroatoms. The van der Waals surface area contributed by atoms with Crippen LogP contribution < -0.4 is 0 Å². The third-order valence-corrected chi connectivity index (χ3v) is 1.78. The van der Waals surface area contributed by atoms with Gasteiger partial charge in [-0.15, -0.1) is 5.10 Å². The molecule has 0 saturated carbocycles. The van der Waals surface area contributed by atoms with Gasteiger partial charge >= 0.3 is 5.69 Å². The van der Waals surface area contributed by atoms with Crippen LogP contribution in [0.5, 0.6) is 0 Å². The average molecular weight is 199 g/mol. The highest BCUT2D eigenvalue weighted by molar-refractivity contribution is 6.31. The maximum Gasteiger partial charge on any atom is 0.300 e. The number of benzene rings is 1. The van der Waals surface area contributed by atoms with Crippen molar-refractivity contribution < 1.29 is 4.92 Å². The molecule has 0 aliphatic carbocycles. The summed E-state index contributed by atoms with van der Waals surface area (Å²) in [6.45, 7) is 0. The van der Waals surface area contributed by atoms with Gasteiger partial charge in [0.25, 0.3) is 0 Å². The van der Waals surface area contributed by atoms with Crippen LogP contribution >= 0.6 is 11.6 Å². The fourth-order valence-electron chi connectivity index (χ4n) is 1.04. The van der Waals surface area contributed by atoms with Crippen molar-refractivity contribution in [3.63, 3.8) is 0 Å². The third kappa shape index (κ3) is 1.20. The first-order chi connectivity index (χ1) is 6.18. The van der Waals surface area contributed by atoms with Gasteiger partial charge in [-0.3, -0.25) is 10.1 Å². The zero-order chi connectivity index (χ0) is 9.42. The molecule has 0 aliphatic heterocycles. The summed E-state index contributed by atoms with van der Waals surface area (Å²) in [4.78, 5) is 9.99. The molecule has 2 aromatic rings. The largest absolute Gasteiger partial charge is 0.300 e. The summed E-state index contributed by atoms with van der Waals surface area (Å²) < 4.78 is 0. The van der Waals surface area contributed by atoms with Gasteiger partial charge in [0.05, 0.1) is 4.92 Å². The first-order valence-electron chi connectivity index (χ1n) is 3.33. The number of H-pyrrole nitrogens is 1. The first-order valence-corrected chi connectivity index (χ1v) is 3.70. The summed E-state index contributed by atoms with van der Waals surface area (Å²) >= 11 is 5.64. The minimum atomic E-state index is -0.545. The van der Waals surface area contributed by atoms with E-state index in [9.17, 15) is 10.1 Å². The normalized spacial score (nSPS) is 10.5. The Bertz CT molecular complexity index is 480. The molecule has 1 aromatic carbocycles. The maximum atomic E-state index is 10.5. The summed E-state index contributed by atoms with van der Waals surface area (Å²) in [6, 6.07) is 2.75. The Balaban J connectivity index is 2.84. The quantitative estimate of drug-likeness (QED) is 0.556. The van der Waals surface area contributed by atoms with Crippen molar-refractivity contribution in [3.8, 4) is 0 Å². The van der Waals surface area contributed by atoms with Crippen LogP contribution in [0.1, 0.15) is 0 Å². The van der Waals surface area contributed by atoms with Crippen LogP contribution in [0.4, 0.5) is 5.69 Å². The molecule has 0 atom stereocenters. The molecule has 0 spiro atoms. The standard InChI is InChI=1S/C6H3ClN4O2/c7-3-1-4-6(9-10-8-4)5(2-3)11(12)13/h1-2H,(H,8,9,10). The number of nitrogens with zero attached hydrogens (tertiary/aromatic N) is 3. The van der Waals surface area contributed by atoms with E-state index in [1.54, 1.807) is 0 Å². The zero-order valence-corrected chi connectivity index (χ0v) is 6.95. The summed E-state index contributed by atoms with van der Waals surface area (Å²) in [5.41, 5.74) is 0.463. The molecule has 1 heterocycles. The smallest absolute Gasteiger partial charge is 0.258 e. The number of aromatic nitrogens is 3. The van der Waals surface area contributed by atoms with E-state index in [-0.39, 0.29) is 16.2 Å². The first kappa shape index (κ1) is 7.93. The number of rotatable bonds is 1. The molecule has 0 radical (unpaired) electrons. The van der Waals surface area contributed by atoms with Gasteiger partial charge in [-0.1, -0.05) is 11.6 Å². The highest BCUT2D eigenvalue weighted by Gasteiger charge is 2.16. The molecule has 1 aromatic heterocycles. The minimum Gasteiger partial charge on any atom is -0.258 e. The van der Waals surface area contributed by atoms with Crippen molar-refractivity contribution >= 4 is 28.3 Å². The summed E-state index contributed by atoms with van der Waals surface area (Å²) in [5, 5.41) is 20.4. The molecular weight excluding hydrogens is 196 g/mol. The zero-order valence-electron chi connectivity index (χ0n) is 6.19. The molecule has 0 bridgehead atoms. The van der Waals surface area contributed by atoms with E-state index < -0.39 is 4.92 Å². The lowest BCUT2D eigenvalue weighted by Crippen LogP contribution is -1.89. The summed E-state index contributed by atoms with van der Waals surface area (Å²) in [6.07, 6.45) is 0. The Labute approximate surface area is 76.7 Å². The van der Waals surface area contributed by atoms with Gasteiger partial charge in [0, 0.05) is 11.1 Å². The lowest BCUT2D eigenvalue weighted by molar-refractivity contribution is -0.383. The van der Waals surface area contributed by atoms with Crippen molar-refractivity contribution in [1.82, 2.24) is 15.4 Å². The van der Waals surface area contributed by atoms with Gasteiger partial charge in [0.2, 0.25) is 0 Å². The van der Waals surface area contributed by atoms with Crippen LogP contribution in [0.15, 0.2) is 12.1 Å². The van der Waals surface area contributed by atoms with Gasteiger partial charge in [-0.25, -0.2) is 0 Å². The van der Waals surface area contributed by atoms with Crippen molar-refractivity contribution in [3.05, 3.63) is 27.3 Å². The molecule has 0 saturated heterocycles. The number of halogens is 1. The van der Waals surface area contributed by atoms with E-state index in [1.165, 1.54) is 12.1 Å². The second-order valence-electron chi connectivity index (χ2n) is 2.37. The lowest BCUT2D eigenvalue weighted by atomic mass is 10.3. The van der Waals surface area contributed by atoms with Gasteiger partial charge in [0.15, 0.2) is 5.52 Å². The lowest BCUT2D eigenvalue weighted by Gasteiger charge is -1.92. The number of hydrogen-bond donors (Lipinski definition) is 1. The van der Waals surface area contributed by atoms with Crippen LogP contribution in [0, 0.1) is 10.1 Å². The van der Waals surface area contributed by atoms with Gasteiger partial charge in [-0.2, -0.15) is 10.3 Å². The van der Waals surface area contributed by atoms with Crippen LogP contribution in [0.25, 0.3) is 11.0 Å². The third-order valence-electron chi connectivity index (χ3n) is 1.56. The van der Waals surface area contributed by atoms with Crippen molar-refractivity contribution in [2.45, 2.75) is 0 Å². The molecule has 0 unspecified atom stereocenters. The van der Waals surface area contributed by atoms with Crippen molar-refractivity contribution in [2.75, 3.05) is 0 Å². The Morgan fingerprint density at radius 3 is 2.92 bits per heavy atom.